The van der Waals surface area contributed by atoms with E-state index >= 15 is 0 Å². The Labute approximate surface area is 234 Å². The molecule has 7 rings (SSSR count). The molecule has 0 nitrogen and oxygen atoms in total. The van der Waals surface area contributed by atoms with Gasteiger partial charge in [0.2, 0.25) is 0 Å². The summed E-state index contributed by atoms with van der Waals surface area (Å²) >= 11 is 3.82. The maximum Gasteiger partial charge on any atom is 0.0714 e. The minimum absolute atomic E-state index is 0.182. The van der Waals surface area contributed by atoms with Crippen molar-refractivity contribution < 1.29 is 0 Å². The molecule has 0 unspecified atom stereocenters. The largest absolute Gasteiger partial charge is 0.0714 e. The van der Waals surface area contributed by atoms with Crippen molar-refractivity contribution in [3.63, 3.8) is 0 Å². The highest BCUT2D eigenvalue weighted by Crippen LogP contribution is 2.58. The molecule has 0 amide bonds. The molecule has 0 spiro atoms. The molecule has 188 valence electrons. The van der Waals surface area contributed by atoms with Gasteiger partial charge in [-0.1, -0.05) is 122 Å². The van der Waals surface area contributed by atoms with Gasteiger partial charge < -0.3 is 0 Å². The molecule has 5 aromatic rings. The molecule has 0 fully saturated rings. The van der Waals surface area contributed by atoms with Crippen molar-refractivity contribution >= 4 is 26.7 Å². The zero-order chi connectivity index (χ0) is 26.3. The van der Waals surface area contributed by atoms with Crippen LogP contribution in [0, 0.1) is 0 Å². The molecule has 2 aliphatic rings. The number of halogens is 1. The molecule has 0 saturated carbocycles. The molecule has 0 saturated heterocycles. The summed E-state index contributed by atoms with van der Waals surface area (Å²) in [5.74, 6) is 0. The Bertz CT molecular complexity index is 1670. The Morgan fingerprint density at radius 3 is 1.53 bits per heavy atom. The van der Waals surface area contributed by atoms with E-state index in [2.05, 4.69) is 147 Å². The molecule has 1 heteroatoms. The van der Waals surface area contributed by atoms with E-state index in [-0.39, 0.29) is 16.2 Å². The number of fused-ring (bicyclic) bond motifs is 5. The predicted octanol–water partition coefficient (Wildman–Crippen LogP) is 10.3. The highest BCUT2D eigenvalue weighted by molar-refractivity contribution is 9.10. The van der Waals surface area contributed by atoms with Crippen LogP contribution in [-0.2, 0) is 16.2 Å². The van der Waals surface area contributed by atoms with Gasteiger partial charge in [-0.25, -0.2) is 0 Å². The van der Waals surface area contributed by atoms with Crippen molar-refractivity contribution in [3.8, 4) is 11.1 Å². The van der Waals surface area contributed by atoms with Crippen molar-refractivity contribution in [2.75, 3.05) is 0 Å². The lowest BCUT2D eigenvalue weighted by molar-refractivity contribution is 0.332. The van der Waals surface area contributed by atoms with Crippen LogP contribution in [-0.4, -0.2) is 0 Å². The molecular weight excluding hydrogens is 524 g/mol. The first-order valence-electron chi connectivity index (χ1n) is 13.8. The molecule has 5 aromatic carbocycles. The van der Waals surface area contributed by atoms with Gasteiger partial charge in [0.25, 0.3) is 0 Å². The number of hydrogen-bond acceptors (Lipinski definition) is 0. The lowest BCUT2D eigenvalue weighted by atomic mass is 9.62. The maximum atomic E-state index is 3.82. The molecule has 0 N–H and O–H groups in total. The Kier molecular flexibility index (Phi) is 5.14. The fourth-order valence-corrected chi connectivity index (χ4v) is 7.63. The van der Waals surface area contributed by atoms with Crippen LogP contribution in [0.3, 0.4) is 0 Å². The maximum absolute atomic E-state index is 3.82. The summed E-state index contributed by atoms with van der Waals surface area (Å²) in [7, 11) is 0. The van der Waals surface area contributed by atoms with Gasteiger partial charge in [0, 0.05) is 4.47 Å². The Hall–Kier alpha value is -3.16. The molecule has 0 aromatic heterocycles. The first-order chi connectivity index (χ1) is 18.2. The van der Waals surface area contributed by atoms with Crippen molar-refractivity contribution in [1.82, 2.24) is 0 Å². The first-order valence-corrected chi connectivity index (χ1v) is 14.6. The average Bonchev–Trinajstić information content (AvgIpc) is 3.19. The summed E-state index contributed by atoms with van der Waals surface area (Å²) in [6.07, 6.45) is 2.45. The molecule has 2 aliphatic carbocycles. The fourth-order valence-electron chi connectivity index (χ4n) is 7.27. The number of rotatable bonds is 2. The second kappa shape index (κ2) is 8.17. The molecule has 0 radical (unpaired) electrons. The van der Waals surface area contributed by atoms with E-state index in [1.807, 2.05) is 0 Å². The van der Waals surface area contributed by atoms with Crippen molar-refractivity contribution in [1.29, 1.82) is 0 Å². The molecular formula is C37H33Br. The zero-order valence-corrected chi connectivity index (χ0v) is 24.2. The predicted molar refractivity (Wildman–Crippen MR) is 164 cm³/mol. The monoisotopic (exact) mass is 556 g/mol. The minimum Gasteiger partial charge on any atom is -0.0622 e. The molecule has 0 atom stereocenters. The van der Waals surface area contributed by atoms with E-state index in [4.69, 9.17) is 0 Å². The van der Waals surface area contributed by atoms with Gasteiger partial charge in [0.1, 0.15) is 0 Å². The van der Waals surface area contributed by atoms with E-state index in [0.717, 1.165) is 4.47 Å². The topological polar surface area (TPSA) is 0 Å². The third kappa shape index (κ3) is 3.27. The summed E-state index contributed by atoms with van der Waals surface area (Å²) < 4.78 is 1.11. The third-order valence-electron chi connectivity index (χ3n) is 9.44. The van der Waals surface area contributed by atoms with Gasteiger partial charge in [-0.05, 0) is 103 Å². The molecule has 0 aliphatic heterocycles. The minimum atomic E-state index is -0.379. The third-order valence-corrected chi connectivity index (χ3v) is 9.93. The Morgan fingerprint density at radius 1 is 0.500 bits per heavy atom. The van der Waals surface area contributed by atoms with Gasteiger partial charge >= 0.3 is 0 Å². The van der Waals surface area contributed by atoms with E-state index in [1.54, 1.807) is 0 Å². The Balaban J connectivity index is 1.63. The van der Waals surface area contributed by atoms with Crippen molar-refractivity contribution in [2.45, 2.75) is 56.8 Å². The van der Waals surface area contributed by atoms with Crippen LogP contribution in [0.4, 0.5) is 0 Å². The standard InChI is InChI=1S/C37H33Br/c1-35(2)17-18-36(3,4)34-22-25-20-31-30(19-24(25)21-33(34)35)29-16-15-28(38)23-32(29)37(31,26-11-7-5-8-12-26)27-13-9-6-10-14-27/h5-16,19-23H,17-18H2,1-4H3. The smallest absolute Gasteiger partial charge is 0.0622 e. The Morgan fingerprint density at radius 2 is 0.974 bits per heavy atom. The van der Waals surface area contributed by atoms with Gasteiger partial charge in [-0.3, -0.25) is 0 Å². The summed E-state index contributed by atoms with van der Waals surface area (Å²) in [5.41, 5.74) is 11.1. The highest BCUT2D eigenvalue weighted by atomic mass is 79.9. The van der Waals surface area contributed by atoms with Gasteiger partial charge in [-0.2, -0.15) is 0 Å². The summed E-state index contributed by atoms with van der Waals surface area (Å²) in [5, 5.41) is 2.69. The van der Waals surface area contributed by atoms with Gasteiger partial charge in [-0.15, -0.1) is 0 Å². The molecule has 0 heterocycles. The molecule has 0 bridgehead atoms. The average molecular weight is 558 g/mol. The second-order valence-electron chi connectivity index (χ2n) is 12.6. The number of benzene rings is 5. The van der Waals surface area contributed by atoms with E-state index in [9.17, 15) is 0 Å². The molecule has 38 heavy (non-hydrogen) atoms. The lowest BCUT2D eigenvalue weighted by Crippen LogP contribution is -2.33. The van der Waals surface area contributed by atoms with E-state index in [0.29, 0.717) is 0 Å². The van der Waals surface area contributed by atoms with Crippen LogP contribution in [0.15, 0.2) is 108 Å². The number of hydrogen-bond donors (Lipinski definition) is 0. The first kappa shape index (κ1) is 23.9. The van der Waals surface area contributed by atoms with Crippen LogP contribution in [0.2, 0.25) is 0 Å². The lowest BCUT2D eigenvalue weighted by Gasteiger charge is -2.42. The van der Waals surface area contributed by atoms with Crippen molar-refractivity contribution in [3.05, 3.63) is 141 Å². The van der Waals surface area contributed by atoms with Gasteiger partial charge in [0.15, 0.2) is 0 Å². The summed E-state index contributed by atoms with van der Waals surface area (Å²) in [4.78, 5) is 0. The quantitative estimate of drug-likeness (QED) is 0.199. The fraction of sp³-hybridized carbons (Fsp3) is 0.243. The second-order valence-corrected chi connectivity index (χ2v) is 13.5. The summed E-state index contributed by atoms with van der Waals surface area (Å²) in [6.45, 7) is 9.68. The van der Waals surface area contributed by atoms with Crippen LogP contribution in [0.5, 0.6) is 0 Å². The highest BCUT2D eigenvalue weighted by Gasteiger charge is 2.46. The van der Waals surface area contributed by atoms with Crippen LogP contribution < -0.4 is 0 Å². The normalized spacial score (nSPS) is 18.0. The van der Waals surface area contributed by atoms with Crippen molar-refractivity contribution in [2.24, 2.45) is 0 Å². The van der Waals surface area contributed by atoms with Crippen LogP contribution >= 0.6 is 15.9 Å². The van der Waals surface area contributed by atoms with Gasteiger partial charge in [0.05, 0.1) is 5.41 Å². The summed E-state index contributed by atoms with van der Waals surface area (Å²) in [6, 6.07) is 39.0. The van der Waals surface area contributed by atoms with Crippen LogP contribution in [0.25, 0.3) is 21.9 Å². The van der Waals surface area contributed by atoms with Crippen LogP contribution in [0.1, 0.15) is 73.9 Å². The SMILES string of the molecule is CC1(C)CCC(C)(C)c2cc3cc4c(cc3cc21)-c1ccc(Br)cc1C4(c1ccccc1)c1ccccc1. The zero-order valence-electron chi connectivity index (χ0n) is 22.6. The van der Waals surface area contributed by atoms with E-state index in [1.165, 1.54) is 68.1 Å². The van der Waals surface area contributed by atoms with E-state index < -0.39 is 0 Å².